The molecule has 0 aliphatic rings. The van der Waals surface area contributed by atoms with Gasteiger partial charge in [0.05, 0.1) is 0 Å². The van der Waals surface area contributed by atoms with E-state index in [0.717, 1.165) is 18.9 Å². The molecule has 1 rings (SSSR count). The molecule has 0 saturated heterocycles. The third-order valence-corrected chi connectivity index (χ3v) is 3.61. The topological polar surface area (TPSA) is 39.7 Å². The molecule has 4 nitrogen and oxygen atoms in total. The Morgan fingerprint density at radius 3 is 2.38 bits per heavy atom. The van der Waals surface area contributed by atoms with Gasteiger partial charge >= 0.3 is 0 Å². The first kappa shape index (κ1) is 20.0. The number of benzene rings is 1. The quantitative estimate of drug-likeness (QED) is 0.435. The minimum absolute atomic E-state index is 0. The number of rotatable bonds is 6. The Morgan fingerprint density at radius 1 is 1.24 bits per heavy atom. The van der Waals surface area contributed by atoms with Crippen LogP contribution in [0.2, 0.25) is 0 Å². The lowest BCUT2D eigenvalue weighted by Crippen LogP contribution is -2.47. The second kappa shape index (κ2) is 10.7. The molecular formula is C16H29IN4. The van der Waals surface area contributed by atoms with Crippen molar-refractivity contribution in [2.75, 3.05) is 25.5 Å². The highest BCUT2D eigenvalue weighted by Gasteiger charge is 2.11. The summed E-state index contributed by atoms with van der Waals surface area (Å²) in [6, 6.07) is 11.2. The number of aliphatic imine (C=N–C) groups is 1. The molecule has 1 aromatic rings. The summed E-state index contributed by atoms with van der Waals surface area (Å²) in [5.41, 5.74) is 1.23. The molecule has 21 heavy (non-hydrogen) atoms. The van der Waals surface area contributed by atoms with Gasteiger partial charge in [-0.1, -0.05) is 25.1 Å². The standard InChI is InChI=1S/C16H28N4.HI/c1-6-13(2)19-16(17-4)18-12-14(3)20(5)15-10-8-7-9-11-15;/h7-11,13-14H,6,12H2,1-5H3,(H2,17,18,19);1H. The molecule has 120 valence electrons. The van der Waals surface area contributed by atoms with Gasteiger partial charge in [0.25, 0.3) is 0 Å². The summed E-state index contributed by atoms with van der Waals surface area (Å²) < 4.78 is 0. The van der Waals surface area contributed by atoms with Crippen molar-refractivity contribution in [3.8, 4) is 0 Å². The average Bonchev–Trinajstić information content (AvgIpc) is 2.50. The molecular weight excluding hydrogens is 375 g/mol. The number of nitrogens with zero attached hydrogens (tertiary/aromatic N) is 2. The van der Waals surface area contributed by atoms with Crippen LogP contribution in [0, 0.1) is 0 Å². The molecule has 0 aliphatic heterocycles. The van der Waals surface area contributed by atoms with Crippen molar-refractivity contribution in [2.24, 2.45) is 4.99 Å². The molecule has 0 heterocycles. The number of anilines is 1. The van der Waals surface area contributed by atoms with Crippen LogP contribution in [0.4, 0.5) is 5.69 Å². The van der Waals surface area contributed by atoms with E-state index in [2.05, 4.69) is 72.6 Å². The van der Waals surface area contributed by atoms with Crippen LogP contribution < -0.4 is 15.5 Å². The number of para-hydroxylation sites is 1. The van der Waals surface area contributed by atoms with Crippen molar-refractivity contribution in [1.82, 2.24) is 10.6 Å². The summed E-state index contributed by atoms with van der Waals surface area (Å²) in [6.45, 7) is 7.38. The molecule has 0 fully saturated rings. The van der Waals surface area contributed by atoms with Crippen LogP contribution in [0.3, 0.4) is 0 Å². The number of guanidine groups is 1. The molecule has 0 radical (unpaired) electrons. The fourth-order valence-corrected chi connectivity index (χ4v) is 1.83. The first-order valence-corrected chi connectivity index (χ1v) is 7.33. The van der Waals surface area contributed by atoms with Gasteiger partial charge in [0.15, 0.2) is 5.96 Å². The Balaban J connectivity index is 0.00000400. The highest BCUT2D eigenvalue weighted by atomic mass is 127. The maximum absolute atomic E-state index is 4.26. The number of nitrogens with one attached hydrogen (secondary N) is 2. The number of hydrogen-bond donors (Lipinski definition) is 2. The second-order valence-electron chi connectivity index (χ2n) is 5.20. The molecule has 0 spiro atoms. The van der Waals surface area contributed by atoms with E-state index in [1.165, 1.54) is 5.69 Å². The van der Waals surface area contributed by atoms with Gasteiger partial charge in [0.2, 0.25) is 0 Å². The van der Waals surface area contributed by atoms with Crippen LogP contribution >= 0.6 is 24.0 Å². The Hall–Kier alpha value is -0.980. The SMILES string of the molecule is CCC(C)NC(=NC)NCC(C)N(C)c1ccccc1.I. The Bertz CT molecular complexity index is 408. The van der Waals surface area contributed by atoms with Gasteiger partial charge in [-0.2, -0.15) is 0 Å². The first-order valence-electron chi connectivity index (χ1n) is 7.33. The van der Waals surface area contributed by atoms with Gasteiger partial charge in [-0.25, -0.2) is 0 Å². The zero-order valence-electron chi connectivity index (χ0n) is 13.8. The summed E-state index contributed by atoms with van der Waals surface area (Å²) in [5, 5.41) is 6.75. The summed E-state index contributed by atoms with van der Waals surface area (Å²) in [4.78, 5) is 6.52. The zero-order valence-corrected chi connectivity index (χ0v) is 16.1. The van der Waals surface area contributed by atoms with E-state index in [9.17, 15) is 0 Å². The maximum Gasteiger partial charge on any atom is 0.191 e. The Labute approximate surface area is 146 Å². The summed E-state index contributed by atoms with van der Waals surface area (Å²) >= 11 is 0. The van der Waals surface area contributed by atoms with E-state index in [-0.39, 0.29) is 24.0 Å². The molecule has 0 bridgehead atoms. The Morgan fingerprint density at radius 2 is 1.86 bits per heavy atom. The van der Waals surface area contributed by atoms with E-state index in [4.69, 9.17) is 0 Å². The highest BCUT2D eigenvalue weighted by molar-refractivity contribution is 14.0. The van der Waals surface area contributed by atoms with E-state index in [1.54, 1.807) is 0 Å². The van der Waals surface area contributed by atoms with Crippen LogP contribution in [0.1, 0.15) is 27.2 Å². The molecule has 2 unspecified atom stereocenters. The van der Waals surface area contributed by atoms with Gasteiger partial charge in [0, 0.05) is 38.4 Å². The lowest BCUT2D eigenvalue weighted by atomic mass is 10.2. The maximum atomic E-state index is 4.26. The van der Waals surface area contributed by atoms with Gasteiger partial charge in [0.1, 0.15) is 0 Å². The monoisotopic (exact) mass is 404 g/mol. The molecule has 0 aliphatic carbocycles. The third kappa shape index (κ3) is 7.02. The molecule has 0 saturated carbocycles. The fourth-order valence-electron chi connectivity index (χ4n) is 1.83. The summed E-state index contributed by atoms with van der Waals surface area (Å²) in [6.07, 6.45) is 1.08. The minimum Gasteiger partial charge on any atom is -0.370 e. The highest BCUT2D eigenvalue weighted by Crippen LogP contribution is 2.13. The van der Waals surface area contributed by atoms with E-state index < -0.39 is 0 Å². The largest absolute Gasteiger partial charge is 0.370 e. The van der Waals surface area contributed by atoms with E-state index >= 15 is 0 Å². The van der Waals surface area contributed by atoms with Crippen molar-refractivity contribution in [3.05, 3.63) is 30.3 Å². The number of likely N-dealkylation sites (N-methyl/N-ethyl adjacent to an activating group) is 1. The van der Waals surface area contributed by atoms with Crippen molar-refractivity contribution in [2.45, 2.75) is 39.3 Å². The van der Waals surface area contributed by atoms with Gasteiger partial charge in [-0.05, 0) is 32.4 Å². The average molecular weight is 404 g/mol. The molecule has 5 heteroatoms. The van der Waals surface area contributed by atoms with Gasteiger partial charge in [-0.3, -0.25) is 4.99 Å². The normalized spacial score (nSPS) is 13.9. The van der Waals surface area contributed by atoms with Crippen LogP contribution in [-0.2, 0) is 0 Å². The van der Waals surface area contributed by atoms with Crippen molar-refractivity contribution in [1.29, 1.82) is 0 Å². The van der Waals surface area contributed by atoms with Gasteiger partial charge in [-0.15, -0.1) is 24.0 Å². The van der Waals surface area contributed by atoms with Crippen molar-refractivity contribution in [3.63, 3.8) is 0 Å². The third-order valence-electron chi connectivity index (χ3n) is 3.61. The number of hydrogen-bond acceptors (Lipinski definition) is 2. The minimum atomic E-state index is 0. The van der Waals surface area contributed by atoms with Crippen LogP contribution in [0.25, 0.3) is 0 Å². The molecule has 0 amide bonds. The van der Waals surface area contributed by atoms with Crippen LogP contribution in [0.5, 0.6) is 0 Å². The molecule has 0 aromatic heterocycles. The lowest BCUT2D eigenvalue weighted by Gasteiger charge is -2.28. The summed E-state index contributed by atoms with van der Waals surface area (Å²) in [7, 11) is 3.93. The van der Waals surface area contributed by atoms with Crippen molar-refractivity contribution >= 4 is 35.6 Å². The van der Waals surface area contributed by atoms with Crippen molar-refractivity contribution < 1.29 is 0 Å². The predicted molar refractivity (Wildman–Crippen MR) is 104 cm³/mol. The summed E-state index contributed by atoms with van der Waals surface area (Å²) in [5.74, 6) is 0.868. The lowest BCUT2D eigenvalue weighted by molar-refractivity contribution is 0.605. The smallest absolute Gasteiger partial charge is 0.191 e. The number of halogens is 1. The predicted octanol–water partition coefficient (Wildman–Crippen LogP) is 3.09. The fraction of sp³-hybridized carbons (Fsp3) is 0.562. The van der Waals surface area contributed by atoms with Crippen LogP contribution in [0.15, 0.2) is 35.3 Å². The Kier molecular flexibility index (Phi) is 10.2. The first-order chi connectivity index (χ1) is 9.58. The van der Waals surface area contributed by atoms with Gasteiger partial charge < -0.3 is 15.5 Å². The molecule has 2 N–H and O–H groups in total. The molecule has 2 atom stereocenters. The van der Waals surface area contributed by atoms with E-state index in [0.29, 0.717) is 12.1 Å². The zero-order chi connectivity index (χ0) is 15.0. The molecule has 1 aromatic carbocycles. The second-order valence-corrected chi connectivity index (χ2v) is 5.20. The van der Waals surface area contributed by atoms with E-state index in [1.807, 2.05) is 13.1 Å². The van der Waals surface area contributed by atoms with Crippen LogP contribution in [-0.4, -0.2) is 38.7 Å².